The van der Waals surface area contributed by atoms with Gasteiger partial charge in [0.25, 0.3) is 11.8 Å². The molecule has 3 amide bonds. The van der Waals surface area contributed by atoms with Crippen LogP contribution in [0.3, 0.4) is 0 Å². The van der Waals surface area contributed by atoms with E-state index in [2.05, 4.69) is 15.1 Å². The number of primary sulfonamides is 1. The van der Waals surface area contributed by atoms with E-state index in [1.807, 2.05) is 0 Å². The van der Waals surface area contributed by atoms with E-state index < -0.39 is 64.6 Å². The third kappa shape index (κ3) is 6.26. The molecule has 15 heteroatoms. The van der Waals surface area contributed by atoms with Gasteiger partial charge in [0.2, 0.25) is 21.8 Å². The number of amides is 3. The van der Waals surface area contributed by atoms with Crippen molar-refractivity contribution in [1.82, 2.24) is 10.3 Å². The minimum Gasteiger partial charge on any atom is -0.351 e. The van der Waals surface area contributed by atoms with Crippen molar-refractivity contribution in [2.75, 3.05) is 9.80 Å². The molecule has 1 saturated carbocycles. The number of sulfonamides is 1. The first-order valence-corrected chi connectivity index (χ1v) is 15.3. The summed E-state index contributed by atoms with van der Waals surface area (Å²) in [5.41, 5.74) is 0.211. The van der Waals surface area contributed by atoms with Crippen LogP contribution in [0.25, 0.3) is 4.85 Å². The third-order valence-corrected chi connectivity index (χ3v) is 8.66. The van der Waals surface area contributed by atoms with Crippen LogP contribution in [0.4, 0.5) is 26.0 Å². The fraction of sp³-hybridized carbons (Fsp3) is 0.276. The van der Waals surface area contributed by atoms with Crippen molar-refractivity contribution in [2.24, 2.45) is 5.14 Å². The quantitative estimate of drug-likeness (QED) is 0.354. The van der Waals surface area contributed by atoms with E-state index in [1.54, 1.807) is 12.1 Å². The van der Waals surface area contributed by atoms with Crippen molar-refractivity contribution in [3.63, 3.8) is 0 Å². The Morgan fingerprint density at radius 3 is 2.55 bits per heavy atom. The smallest absolute Gasteiger partial charge is 0.252 e. The maximum Gasteiger partial charge on any atom is 0.252 e. The monoisotopic (exact) mass is 642 g/mol. The number of alkyl halides is 2. The Kier molecular flexibility index (Phi) is 8.39. The van der Waals surface area contributed by atoms with Crippen LogP contribution in [0.15, 0.2) is 71.8 Å². The Balaban J connectivity index is 1.66. The zero-order valence-corrected chi connectivity index (χ0v) is 24.4. The van der Waals surface area contributed by atoms with E-state index >= 15 is 0 Å². The standard InChI is InChI=1S/C29H25ClF2N6O5S/c1-34-17-11-12-35-24(13-17)38-23(9-10-25(38)39)28(41)37(19-5-4-6-20(14-19)44(33,42)43)26(21-7-2-3-8-22(21)30)27(40)36-18-15-29(31,32)16-18/h2-8,11-14,18,23,26H,9-10,15-16H2,(H,36,40)(H2,33,42,43)/t23-,26-/m0/s1. The van der Waals surface area contributed by atoms with Gasteiger partial charge >= 0.3 is 0 Å². The molecule has 2 fully saturated rings. The molecule has 1 saturated heterocycles. The number of hydrogen-bond acceptors (Lipinski definition) is 6. The van der Waals surface area contributed by atoms with Crippen LogP contribution in [0.2, 0.25) is 5.02 Å². The summed E-state index contributed by atoms with van der Waals surface area (Å²) < 4.78 is 51.9. The largest absolute Gasteiger partial charge is 0.351 e. The van der Waals surface area contributed by atoms with Gasteiger partial charge < -0.3 is 5.32 Å². The zero-order valence-electron chi connectivity index (χ0n) is 22.9. The van der Waals surface area contributed by atoms with Crippen LogP contribution in [0, 0.1) is 6.57 Å². The number of halogens is 3. The highest BCUT2D eigenvalue weighted by Crippen LogP contribution is 2.40. The number of rotatable bonds is 8. The molecule has 3 aromatic rings. The van der Waals surface area contributed by atoms with Gasteiger partial charge in [-0.15, -0.1) is 0 Å². The molecule has 1 aliphatic heterocycles. The molecule has 5 rings (SSSR count). The lowest BCUT2D eigenvalue weighted by atomic mass is 9.87. The van der Waals surface area contributed by atoms with Crippen LogP contribution >= 0.6 is 11.6 Å². The first kappa shape index (κ1) is 31.0. The number of hydrogen-bond donors (Lipinski definition) is 2. The molecule has 11 nitrogen and oxygen atoms in total. The maximum atomic E-state index is 14.6. The highest BCUT2D eigenvalue weighted by Gasteiger charge is 2.48. The van der Waals surface area contributed by atoms with Crippen molar-refractivity contribution in [1.29, 1.82) is 0 Å². The molecule has 0 bridgehead atoms. The molecule has 3 N–H and O–H groups in total. The van der Waals surface area contributed by atoms with Crippen molar-refractivity contribution in [3.05, 3.63) is 88.9 Å². The van der Waals surface area contributed by atoms with Crippen LogP contribution in [-0.2, 0) is 24.4 Å². The average Bonchev–Trinajstić information content (AvgIpc) is 3.36. The number of aromatic nitrogens is 1. The van der Waals surface area contributed by atoms with E-state index in [0.29, 0.717) is 0 Å². The maximum absolute atomic E-state index is 14.6. The van der Waals surface area contributed by atoms with Crippen molar-refractivity contribution in [2.45, 2.75) is 54.6 Å². The predicted octanol–water partition coefficient (Wildman–Crippen LogP) is 4.12. The summed E-state index contributed by atoms with van der Waals surface area (Å²) in [6.45, 7) is 7.32. The van der Waals surface area contributed by atoms with Gasteiger partial charge in [-0.25, -0.2) is 32.2 Å². The van der Waals surface area contributed by atoms with E-state index in [-0.39, 0.29) is 45.5 Å². The normalized spacial score (nSPS) is 18.7. The molecule has 2 heterocycles. The molecule has 2 aromatic carbocycles. The Labute approximate surface area is 256 Å². The third-order valence-electron chi connectivity index (χ3n) is 7.41. The summed E-state index contributed by atoms with van der Waals surface area (Å²) in [5, 5.41) is 8.00. The van der Waals surface area contributed by atoms with Gasteiger partial charge in [-0.3, -0.25) is 24.2 Å². The van der Waals surface area contributed by atoms with Gasteiger partial charge in [-0.05, 0) is 42.8 Å². The highest BCUT2D eigenvalue weighted by molar-refractivity contribution is 7.89. The lowest BCUT2D eigenvalue weighted by Crippen LogP contribution is -2.56. The van der Waals surface area contributed by atoms with E-state index in [1.165, 1.54) is 48.7 Å². The van der Waals surface area contributed by atoms with Crippen molar-refractivity contribution in [3.8, 4) is 0 Å². The topological polar surface area (TPSA) is 147 Å². The van der Waals surface area contributed by atoms with Crippen LogP contribution in [0.1, 0.15) is 37.3 Å². The molecule has 44 heavy (non-hydrogen) atoms. The number of anilines is 2. The predicted molar refractivity (Wildman–Crippen MR) is 157 cm³/mol. The summed E-state index contributed by atoms with van der Waals surface area (Å²) in [6.07, 6.45) is 0.0510. The molecule has 228 valence electrons. The molecular weight excluding hydrogens is 618 g/mol. The van der Waals surface area contributed by atoms with Crippen LogP contribution < -0.4 is 20.3 Å². The van der Waals surface area contributed by atoms with Gasteiger partial charge in [-0.1, -0.05) is 35.9 Å². The molecule has 2 aliphatic rings. The Morgan fingerprint density at radius 2 is 1.89 bits per heavy atom. The minimum absolute atomic E-state index is 0.00131. The fourth-order valence-electron chi connectivity index (χ4n) is 5.33. The number of nitrogens with two attached hydrogens (primary N) is 1. The summed E-state index contributed by atoms with van der Waals surface area (Å²) in [6, 6.07) is 10.2. The lowest BCUT2D eigenvalue weighted by Gasteiger charge is -2.39. The number of nitrogens with zero attached hydrogens (tertiary/aromatic N) is 4. The SMILES string of the molecule is [C-]#[N+]c1ccnc(N2C(=O)CC[C@H]2C(=O)N(c2cccc(S(N)(=O)=O)c2)[C@H](C(=O)NC2CC(F)(F)C2)c2ccccc2Cl)c1. The zero-order chi connectivity index (χ0) is 31.8. The van der Waals surface area contributed by atoms with Gasteiger partial charge in [-0.2, -0.15) is 0 Å². The second-order valence-electron chi connectivity index (χ2n) is 10.4. The van der Waals surface area contributed by atoms with Crippen molar-refractivity contribution < 1.29 is 31.6 Å². The molecular formula is C29H25ClF2N6O5S. The van der Waals surface area contributed by atoms with E-state index in [0.717, 1.165) is 15.9 Å². The van der Waals surface area contributed by atoms with E-state index in [9.17, 15) is 31.6 Å². The number of pyridine rings is 1. The van der Waals surface area contributed by atoms with Gasteiger partial charge in [0, 0.05) is 47.8 Å². The molecule has 2 atom stereocenters. The highest BCUT2D eigenvalue weighted by atomic mass is 35.5. The first-order chi connectivity index (χ1) is 20.8. The number of carbonyl (C=O) groups is 3. The second-order valence-corrected chi connectivity index (χ2v) is 12.4. The van der Waals surface area contributed by atoms with Crippen LogP contribution in [0.5, 0.6) is 0 Å². The molecule has 1 aromatic heterocycles. The fourth-order valence-corrected chi connectivity index (χ4v) is 6.12. The summed E-state index contributed by atoms with van der Waals surface area (Å²) in [7, 11) is -4.27. The minimum atomic E-state index is -4.27. The van der Waals surface area contributed by atoms with E-state index in [4.69, 9.17) is 23.3 Å². The first-order valence-electron chi connectivity index (χ1n) is 13.3. The van der Waals surface area contributed by atoms with Crippen molar-refractivity contribution >= 4 is 56.5 Å². The Bertz CT molecular complexity index is 1790. The van der Waals surface area contributed by atoms with Gasteiger partial charge in [0.05, 0.1) is 11.5 Å². The Morgan fingerprint density at radius 1 is 1.16 bits per heavy atom. The number of benzene rings is 2. The van der Waals surface area contributed by atoms with Crippen LogP contribution in [-0.4, -0.2) is 49.1 Å². The molecule has 0 spiro atoms. The Hall–Kier alpha value is -4.45. The van der Waals surface area contributed by atoms with Gasteiger partial charge in [0.15, 0.2) is 5.69 Å². The lowest BCUT2D eigenvalue weighted by molar-refractivity contribution is -0.133. The summed E-state index contributed by atoms with van der Waals surface area (Å²) >= 11 is 6.52. The number of carbonyl (C=O) groups excluding carboxylic acids is 3. The molecule has 0 unspecified atom stereocenters. The summed E-state index contributed by atoms with van der Waals surface area (Å²) in [4.78, 5) is 50.9. The summed E-state index contributed by atoms with van der Waals surface area (Å²) in [5.74, 6) is -5.04. The second kappa shape index (κ2) is 11.9. The number of nitrogens with one attached hydrogen (secondary N) is 1. The van der Waals surface area contributed by atoms with Gasteiger partial charge in [0.1, 0.15) is 17.9 Å². The average molecular weight is 643 g/mol. The molecule has 1 aliphatic carbocycles. The molecule has 0 radical (unpaired) electrons.